The van der Waals surface area contributed by atoms with Crippen molar-refractivity contribution in [2.45, 2.75) is 26.5 Å². The fourth-order valence-electron chi connectivity index (χ4n) is 2.67. The monoisotopic (exact) mass is 345 g/mol. The molecule has 1 heterocycles. The van der Waals surface area contributed by atoms with Crippen molar-refractivity contribution in [1.29, 1.82) is 0 Å². The van der Waals surface area contributed by atoms with Crippen LogP contribution in [0.1, 0.15) is 33.4 Å². The van der Waals surface area contributed by atoms with Gasteiger partial charge in [0.05, 0.1) is 6.61 Å². The van der Waals surface area contributed by atoms with E-state index in [4.69, 9.17) is 9.47 Å². The van der Waals surface area contributed by atoms with E-state index >= 15 is 0 Å². The van der Waals surface area contributed by atoms with Gasteiger partial charge in [0.2, 0.25) is 5.78 Å². The molecular weight excluding hydrogens is 322 g/mol. The Morgan fingerprint density at radius 3 is 2.52 bits per heavy atom. The zero-order chi connectivity index (χ0) is 18.4. The van der Waals surface area contributed by atoms with Gasteiger partial charge in [-0.1, -0.05) is 30.3 Å². The Balaban J connectivity index is 1.99. The highest BCUT2D eigenvalue weighted by Gasteiger charge is 2.22. The van der Waals surface area contributed by atoms with E-state index in [1.807, 2.05) is 18.4 Å². The standard InChI is InChI=1S/C19H23NO5/c1-13-11-16(14(2)20(13)9-10-24-3)17(21)12-25-19(23)18(22)15-7-5-4-6-8-15/h4-8,11,18,22H,9-10,12H2,1-3H3/t18-/m0/s1. The van der Waals surface area contributed by atoms with Crippen molar-refractivity contribution in [3.05, 3.63) is 58.9 Å². The van der Waals surface area contributed by atoms with Crippen LogP contribution in [0.15, 0.2) is 36.4 Å². The van der Waals surface area contributed by atoms with Gasteiger partial charge in [0, 0.05) is 30.6 Å². The molecule has 0 radical (unpaired) electrons. The van der Waals surface area contributed by atoms with Crippen LogP contribution >= 0.6 is 0 Å². The number of rotatable bonds is 8. The summed E-state index contributed by atoms with van der Waals surface area (Å²) in [5.41, 5.74) is 2.68. The largest absolute Gasteiger partial charge is 0.455 e. The molecule has 0 aliphatic heterocycles. The van der Waals surface area contributed by atoms with E-state index in [0.717, 1.165) is 11.4 Å². The Morgan fingerprint density at radius 2 is 1.88 bits per heavy atom. The van der Waals surface area contributed by atoms with Gasteiger partial charge in [-0.2, -0.15) is 0 Å². The molecule has 6 heteroatoms. The van der Waals surface area contributed by atoms with E-state index in [2.05, 4.69) is 0 Å². The summed E-state index contributed by atoms with van der Waals surface area (Å²) in [5.74, 6) is -1.14. The zero-order valence-corrected chi connectivity index (χ0v) is 14.7. The lowest BCUT2D eigenvalue weighted by Crippen LogP contribution is -2.20. The maximum Gasteiger partial charge on any atom is 0.340 e. The van der Waals surface area contributed by atoms with Crippen LogP contribution in [-0.4, -0.2) is 41.7 Å². The van der Waals surface area contributed by atoms with E-state index in [-0.39, 0.29) is 5.78 Å². The molecule has 134 valence electrons. The summed E-state index contributed by atoms with van der Waals surface area (Å²) in [6.07, 6.45) is -1.40. The molecule has 0 aliphatic rings. The highest BCUT2D eigenvalue weighted by Crippen LogP contribution is 2.17. The molecule has 0 amide bonds. The Morgan fingerprint density at radius 1 is 1.20 bits per heavy atom. The van der Waals surface area contributed by atoms with E-state index in [1.165, 1.54) is 0 Å². The van der Waals surface area contributed by atoms with Crippen LogP contribution in [0.2, 0.25) is 0 Å². The highest BCUT2D eigenvalue weighted by molar-refractivity contribution is 5.99. The first-order chi connectivity index (χ1) is 12.0. The number of esters is 1. The molecule has 2 aromatic rings. The number of aliphatic hydroxyl groups is 1. The molecule has 6 nitrogen and oxygen atoms in total. The molecule has 0 aliphatic carbocycles. The van der Waals surface area contributed by atoms with Crippen LogP contribution in [0, 0.1) is 13.8 Å². The molecule has 0 bridgehead atoms. The van der Waals surface area contributed by atoms with Gasteiger partial charge in [-0.05, 0) is 25.5 Å². The molecule has 1 aromatic carbocycles. The SMILES string of the molecule is COCCn1c(C)cc(C(=O)COC(=O)[C@@H](O)c2ccccc2)c1C. The number of methoxy groups -OCH3 is 1. The normalized spacial score (nSPS) is 12.0. The molecule has 0 spiro atoms. The molecule has 25 heavy (non-hydrogen) atoms. The van der Waals surface area contributed by atoms with Crippen molar-refractivity contribution in [1.82, 2.24) is 4.57 Å². The number of Topliss-reactive ketones (excluding diaryl/α,β-unsaturated/α-hetero) is 1. The average molecular weight is 345 g/mol. The van der Waals surface area contributed by atoms with E-state index in [0.29, 0.717) is 24.3 Å². The summed E-state index contributed by atoms with van der Waals surface area (Å²) >= 11 is 0. The van der Waals surface area contributed by atoms with Crippen LogP contribution in [0.25, 0.3) is 0 Å². The molecule has 0 saturated carbocycles. The number of aliphatic hydroxyl groups excluding tert-OH is 1. The van der Waals surface area contributed by atoms with Gasteiger partial charge in [-0.25, -0.2) is 4.79 Å². The second-order valence-corrected chi connectivity index (χ2v) is 5.77. The van der Waals surface area contributed by atoms with Gasteiger partial charge in [-0.3, -0.25) is 4.79 Å². The number of hydrogen-bond acceptors (Lipinski definition) is 5. The number of benzene rings is 1. The molecule has 0 saturated heterocycles. The predicted octanol–water partition coefficient (Wildman–Crippen LogP) is 2.21. The molecule has 0 fully saturated rings. The minimum Gasteiger partial charge on any atom is -0.455 e. The quantitative estimate of drug-likeness (QED) is 0.586. The maximum atomic E-state index is 12.4. The zero-order valence-electron chi connectivity index (χ0n) is 14.7. The third kappa shape index (κ3) is 4.55. The highest BCUT2D eigenvalue weighted by atomic mass is 16.5. The molecule has 1 N–H and O–H groups in total. The fraction of sp³-hybridized carbons (Fsp3) is 0.368. The van der Waals surface area contributed by atoms with Crippen molar-refractivity contribution in [3.63, 3.8) is 0 Å². The summed E-state index contributed by atoms with van der Waals surface area (Å²) in [5, 5.41) is 9.97. The summed E-state index contributed by atoms with van der Waals surface area (Å²) in [7, 11) is 1.62. The Kier molecular flexibility index (Phi) is 6.50. The lowest BCUT2D eigenvalue weighted by atomic mass is 10.1. The number of ether oxygens (including phenoxy) is 2. The number of nitrogens with zero attached hydrogens (tertiary/aromatic N) is 1. The van der Waals surface area contributed by atoms with E-state index < -0.39 is 18.7 Å². The topological polar surface area (TPSA) is 77.8 Å². The second-order valence-electron chi connectivity index (χ2n) is 5.77. The van der Waals surface area contributed by atoms with E-state index in [9.17, 15) is 14.7 Å². The number of carbonyl (C=O) groups excluding carboxylic acids is 2. The average Bonchev–Trinajstić information content (AvgIpc) is 2.91. The van der Waals surface area contributed by atoms with Gasteiger partial charge < -0.3 is 19.1 Å². The molecular formula is C19H23NO5. The summed E-state index contributed by atoms with van der Waals surface area (Å²) in [6.45, 7) is 4.54. The van der Waals surface area contributed by atoms with Gasteiger partial charge >= 0.3 is 5.97 Å². The van der Waals surface area contributed by atoms with Gasteiger partial charge in [0.15, 0.2) is 12.7 Å². The lowest BCUT2D eigenvalue weighted by Gasteiger charge is -2.11. The van der Waals surface area contributed by atoms with Crippen LogP contribution in [0.3, 0.4) is 0 Å². The number of carbonyl (C=O) groups is 2. The maximum absolute atomic E-state index is 12.4. The molecule has 0 unspecified atom stereocenters. The minimum absolute atomic E-state index is 0.301. The third-order valence-electron chi connectivity index (χ3n) is 4.08. The summed E-state index contributed by atoms with van der Waals surface area (Å²) < 4.78 is 12.0. The van der Waals surface area contributed by atoms with Crippen molar-refractivity contribution in [2.75, 3.05) is 20.3 Å². The van der Waals surface area contributed by atoms with Gasteiger partial charge in [-0.15, -0.1) is 0 Å². The van der Waals surface area contributed by atoms with Crippen molar-refractivity contribution >= 4 is 11.8 Å². The number of ketones is 1. The van der Waals surface area contributed by atoms with Gasteiger partial charge in [0.25, 0.3) is 0 Å². The Hall–Kier alpha value is -2.44. The first kappa shape index (κ1) is 18.9. The number of aromatic nitrogens is 1. The van der Waals surface area contributed by atoms with Crippen LogP contribution < -0.4 is 0 Å². The smallest absolute Gasteiger partial charge is 0.340 e. The molecule has 2 rings (SSSR count). The summed E-state index contributed by atoms with van der Waals surface area (Å²) in [6, 6.07) is 10.2. The molecule has 1 aromatic heterocycles. The lowest BCUT2D eigenvalue weighted by molar-refractivity contribution is -0.152. The predicted molar refractivity (Wildman–Crippen MR) is 92.5 cm³/mol. The van der Waals surface area contributed by atoms with E-state index in [1.54, 1.807) is 43.5 Å². The van der Waals surface area contributed by atoms with Crippen molar-refractivity contribution in [2.24, 2.45) is 0 Å². The third-order valence-corrected chi connectivity index (χ3v) is 4.08. The fourth-order valence-corrected chi connectivity index (χ4v) is 2.67. The second kappa shape index (κ2) is 8.60. The Labute approximate surface area is 147 Å². The first-order valence-electron chi connectivity index (χ1n) is 8.04. The van der Waals surface area contributed by atoms with Crippen LogP contribution in [-0.2, 0) is 20.8 Å². The minimum atomic E-state index is -1.40. The summed E-state index contributed by atoms with van der Waals surface area (Å²) in [4.78, 5) is 24.3. The number of aryl methyl sites for hydroxylation is 1. The number of hydrogen-bond donors (Lipinski definition) is 1. The first-order valence-corrected chi connectivity index (χ1v) is 8.04. The van der Waals surface area contributed by atoms with Crippen LogP contribution in [0.5, 0.6) is 0 Å². The molecule has 1 atom stereocenters. The van der Waals surface area contributed by atoms with Crippen molar-refractivity contribution < 1.29 is 24.2 Å². The van der Waals surface area contributed by atoms with Crippen molar-refractivity contribution in [3.8, 4) is 0 Å². The van der Waals surface area contributed by atoms with Crippen LogP contribution in [0.4, 0.5) is 0 Å². The van der Waals surface area contributed by atoms with Gasteiger partial charge in [0.1, 0.15) is 0 Å². The Bertz CT molecular complexity index is 736.